The van der Waals surface area contributed by atoms with Gasteiger partial charge in [-0.1, -0.05) is 0 Å². The average molecular weight is 262 g/mol. The number of carbonyl (C=O) groups is 2. The molecule has 100 valence electrons. The predicted molar refractivity (Wildman–Crippen MR) is 66.1 cm³/mol. The van der Waals surface area contributed by atoms with Crippen LogP contribution in [0, 0.1) is 0 Å². The Balaban J connectivity index is 1.80. The lowest BCUT2D eigenvalue weighted by atomic mass is 10.3. The summed E-state index contributed by atoms with van der Waals surface area (Å²) in [6.45, 7) is 1.93. The summed E-state index contributed by atoms with van der Waals surface area (Å²) in [4.78, 5) is 30.1. The Morgan fingerprint density at radius 2 is 2.37 bits per heavy atom. The van der Waals surface area contributed by atoms with Crippen molar-refractivity contribution in [3.63, 3.8) is 0 Å². The largest absolute Gasteiger partial charge is 0.459 e. The summed E-state index contributed by atoms with van der Waals surface area (Å²) in [6, 6.07) is 2.49. The summed E-state index contributed by atoms with van der Waals surface area (Å²) in [5, 5.41) is 5.22. The molecule has 19 heavy (non-hydrogen) atoms. The highest BCUT2D eigenvalue weighted by atomic mass is 16.3. The van der Waals surface area contributed by atoms with E-state index in [1.807, 2.05) is 0 Å². The molecule has 2 amide bonds. The van der Waals surface area contributed by atoms with Crippen molar-refractivity contribution in [2.24, 2.45) is 0 Å². The molecule has 0 radical (unpaired) electrons. The first-order valence-electron chi connectivity index (χ1n) is 5.76. The molecule has 2 aromatic rings. The van der Waals surface area contributed by atoms with Crippen LogP contribution in [-0.4, -0.2) is 27.8 Å². The highest BCUT2D eigenvalue weighted by molar-refractivity contribution is 5.95. The normalized spacial score (nSPS) is 11.8. The second-order valence-electron chi connectivity index (χ2n) is 3.97. The first-order valence-corrected chi connectivity index (χ1v) is 5.76. The molecule has 7 nitrogen and oxygen atoms in total. The zero-order valence-electron chi connectivity index (χ0n) is 10.3. The first kappa shape index (κ1) is 12.9. The molecule has 0 saturated carbocycles. The third kappa shape index (κ3) is 3.44. The SMILES string of the molecule is CC(NC(=O)c1ccco1)C(=O)NCc1cnc[nH]1. The Kier molecular flexibility index (Phi) is 3.97. The molecule has 2 heterocycles. The van der Waals surface area contributed by atoms with E-state index in [1.54, 1.807) is 19.2 Å². The molecule has 0 saturated heterocycles. The molecule has 1 unspecified atom stereocenters. The van der Waals surface area contributed by atoms with E-state index in [2.05, 4.69) is 20.6 Å². The number of furan rings is 1. The van der Waals surface area contributed by atoms with Crippen LogP contribution < -0.4 is 10.6 Å². The van der Waals surface area contributed by atoms with Crippen molar-refractivity contribution in [2.75, 3.05) is 0 Å². The maximum atomic E-state index is 11.8. The van der Waals surface area contributed by atoms with Crippen LogP contribution in [0.2, 0.25) is 0 Å². The third-order valence-electron chi connectivity index (χ3n) is 2.49. The van der Waals surface area contributed by atoms with Gasteiger partial charge in [-0.2, -0.15) is 0 Å². The molecule has 0 aliphatic heterocycles. The molecule has 0 fully saturated rings. The van der Waals surface area contributed by atoms with Gasteiger partial charge in [-0.3, -0.25) is 9.59 Å². The average Bonchev–Trinajstić information content (AvgIpc) is 3.08. The summed E-state index contributed by atoms with van der Waals surface area (Å²) in [7, 11) is 0. The maximum Gasteiger partial charge on any atom is 0.287 e. The Labute approximate surface area is 109 Å². The van der Waals surface area contributed by atoms with Gasteiger partial charge >= 0.3 is 0 Å². The van der Waals surface area contributed by atoms with E-state index in [-0.39, 0.29) is 11.7 Å². The topological polar surface area (TPSA) is 100 Å². The number of imidazole rings is 1. The van der Waals surface area contributed by atoms with E-state index >= 15 is 0 Å². The van der Waals surface area contributed by atoms with E-state index in [1.165, 1.54) is 18.7 Å². The van der Waals surface area contributed by atoms with Gasteiger partial charge in [0.2, 0.25) is 5.91 Å². The van der Waals surface area contributed by atoms with E-state index in [4.69, 9.17) is 4.42 Å². The molecule has 2 rings (SSSR count). The molecule has 1 atom stereocenters. The second kappa shape index (κ2) is 5.85. The summed E-state index contributed by atoms with van der Waals surface area (Å²) >= 11 is 0. The van der Waals surface area contributed by atoms with Gasteiger partial charge in [-0.05, 0) is 19.1 Å². The van der Waals surface area contributed by atoms with Crippen molar-refractivity contribution < 1.29 is 14.0 Å². The van der Waals surface area contributed by atoms with Gasteiger partial charge in [-0.25, -0.2) is 4.98 Å². The molecule has 3 N–H and O–H groups in total. The van der Waals surface area contributed by atoms with Crippen LogP contribution in [-0.2, 0) is 11.3 Å². The molecule has 0 spiro atoms. The Morgan fingerprint density at radius 3 is 3.00 bits per heavy atom. The monoisotopic (exact) mass is 262 g/mol. The lowest BCUT2D eigenvalue weighted by Gasteiger charge is -2.12. The molecule has 0 aliphatic carbocycles. The fourth-order valence-corrected chi connectivity index (χ4v) is 1.46. The van der Waals surface area contributed by atoms with E-state index < -0.39 is 11.9 Å². The second-order valence-corrected chi connectivity index (χ2v) is 3.97. The number of hydrogen-bond acceptors (Lipinski definition) is 4. The van der Waals surface area contributed by atoms with Crippen LogP contribution in [0.4, 0.5) is 0 Å². The highest BCUT2D eigenvalue weighted by Crippen LogP contribution is 2.00. The summed E-state index contributed by atoms with van der Waals surface area (Å²) < 4.78 is 4.94. The number of nitrogens with one attached hydrogen (secondary N) is 3. The van der Waals surface area contributed by atoms with Crippen LogP contribution in [0.1, 0.15) is 23.2 Å². The van der Waals surface area contributed by atoms with E-state index in [0.717, 1.165) is 5.69 Å². The maximum absolute atomic E-state index is 11.8. The standard InChI is InChI=1S/C12H14N4O3/c1-8(16-12(18)10-3-2-4-19-10)11(17)14-6-9-5-13-7-15-9/h2-5,7-8H,6H2,1H3,(H,13,15)(H,14,17)(H,16,18). The van der Waals surface area contributed by atoms with Crippen molar-refractivity contribution in [3.05, 3.63) is 42.4 Å². The number of nitrogens with zero attached hydrogens (tertiary/aromatic N) is 1. The molecule has 0 aromatic carbocycles. The number of aromatic nitrogens is 2. The lowest BCUT2D eigenvalue weighted by molar-refractivity contribution is -0.122. The van der Waals surface area contributed by atoms with Crippen molar-refractivity contribution in [2.45, 2.75) is 19.5 Å². The minimum atomic E-state index is -0.652. The van der Waals surface area contributed by atoms with Crippen LogP contribution in [0.15, 0.2) is 35.3 Å². The van der Waals surface area contributed by atoms with Gasteiger partial charge in [0.15, 0.2) is 5.76 Å². The fourth-order valence-electron chi connectivity index (χ4n) is 1.46. The summed E-state index contributed by atoms with van der Waals surface area (Å²) in [5.41, 5.74) is 0.790. The molecule has 2 aromatic heterocycles. The molecule has 7 heteroatoms. The van der Waals surface area contributed by atoms with Crippen molar-refractivity contribution in [1.82, 2.24) is 20.6 Å². The quantitative estimate of drug-likeness (QED) is 0.727. The number of amides is 2. The summed E-state index contributed by atoms with van der Waals surface area (Å²) in [5.74, 6) is -0.531. The van der Waals surface area contributed by atoms with Crippen molar-refractivity contribution in [3.8, 4) is 0 Å². The third-order valence-corrected chi connectivity index (χ3v) is 2.49. The van der Waals surface area contributed by atoms with Gasteiger partial charge in [0.25, 0.3) is 5.91 Å². The number of H-pyrrole nitrogens is 1. The van der Waals surface area contributed by atoms with Crippen LogP contribution >= 0.6 is 0 Å². The first-order chi connectivity index (χ1) is 9.16. The zero-order chi connectivity index (χ0) is 13.7. The molecular weight excluding hydrogens is 248 g/mol. The molecule has 0 aliphatic rings. The van der Waals surface area contributed by atoms with Gasteiger partial charge in [-0.15, -0.1) is 0 Å². The van der Waals surface area contributed by atoms with E-state index in [0.29, 0.717) is 6.54 Å². The van der Waals surface area contributed by atoms with Gasteiger partial charge in [0, 0.05) is 6.20 Å². The Hall–Kier alpha value is -2.57. The number of carbonyl (C=O) groups excluding carboxylic acids is 2. The minimum Gasteiger partial charge on any atom is -0.459 e. The van der Waals surface area contributed by atoms with Crippen LogP contribution in [0.3, 0.4) is 0 Å². The van der Waals surface area contributed by atoms with Gasteiger partial charge in [0.1, 0.15) is 6.04 Å². The number of aromatic amines is 1. The Bertz CT molecular complexity index is 533. The predicted octanol–water partition coefficient (Wildman–Crippen LogP) is 0.437. The van der Waals surface area contributed by atoms with Gasteiger partial charge in [0.05, 0.1) is 24.8 Å². The van der Waals surface area contributed by atoms with Crippen molar-refractivity contribution in [1.29, 1.82) is 0 Å². The molecular formula is C12H14N4O3. The highest BCUT2D eigenvalue weighted by Gasteiger charge is 2.17. The smallest absolute Gasteiger partial charge is 0.287 e. The van der Waals surface area contributed by atoms with E-state index in [9.17, 15) is 9.59 Å². The van der Waals surface area contributed by atoms with Crippen LogP contribution in [0.25, 0.3) is 0 Å². The van der Waals surface area contributed by atoms with Gasteiger partial charge < -0.3 is 20.0 Å². The Morgan fingerprint density at radius 1 is 1.53 bits per heavy atom. The number of rotatable bonds is 5. The van der Waals surface area contributed by atoms with Crippen LogP contribution in [0.5, 0.6) is 0 Å². The van der Waals surface area contributed by atoms with Crippen molar-refractivity contribution >= 4 is 11.8 Å². The molecule has 0 bridgehead atoms. The lowest BCUT2D eigenvalue weighted by Crippen LogP contribution is -2.44. The summed E-state index contributed by atoms with van der Waals surface area (Å²) in [6.07, 6.45) is 4.55. The fraction of sp³-hybridized carbons (Fsp3) is 0.250. The number of hydrogen-bond donors (Lipinski definition) is 3. The minimum absolute atomic E-state index is 0.174. The zero-order valence-corrected chi connectivity index (χ0v) is 10.3.